The Kier molecular flexibility index (Phi) is 4.63. The summed E-state index contributed by atoms with van der Waals surface area (Å²) in [5.41, 5.74) is 2.38. The molecule has 0 aliphatic heterocycles. The van der Waals surface area contributed by atoms with Crippen molar-refractivity contribution in [2.75, 3.05) is 0 Å². The normalized spacial score (nSPS) is 15.3. The lowest BCUT2D eigenvalue weighted by molar-refractivity contribution is 0.559. The fourth-order valence-corrected chi connectivity index (χ4v) is 4.82. The second-order valence-corrected chi connectivity index (χ2v) is 8.08. The molecule has 1 atom stereocenters. The summed E-state index contributed by atoms with van der Waals surface area (Å²) in [6.45, 7) is 2.61. The van der Waals surface area contributed by atoms with Crippen LogP contribution in [0, 0.1) is 0 Å². The van der Waals surface area contributed by atoms with Gasteiger partial charge in [-0.2, -0.15) is 0 Å². The van der Waals surface area contributed by atoms with Crippen molar-refractivity contribution in [2.45, 2.75) is 45.2 Å². The van der Waals surface area contributed by atoms with Crippen LogP contribution in [0.25, 0.3) is 10.2 Å². The predicted octanol–water partition coefficient (Wildman–Crippen LogP) is 4.37. The quantitative estimate of drug-likeness (QED) is 0.714. The van der Waals surface area contributed by atoms with Crippen molar-refractivity contribution in [3.05, 3.63) is 61.5 Å². The van der Waals surface area contributed by atoms with E-state index in [9.17, 15) is 4.79 Å². The smallest absolute Gasteiger partial charge is 0.259 e. The van der Waals surface area contributed by atoms with Crippen molar-refractivity contribution >= 4 is 33.2 Å². The monoisotopic (exact) mass is 373 g/mol. The highest BCUT2D eigenvalue weighted by Crippen LogP contribution is 2.33. The van der Waals surface area contributed by atoms with E-state index in [0.29, 0.717) is 12.4 Å². The molecule has 2 N–H and O–H groups in total. The maximum Gasteiger partial charge on any atom is 0.259 e. The lowest BCUT2D eigenvalue weighted by Crippen LogP contribution is -2.22. The maximum atomic E-state index is 12.6. The standard InChI is InChI=1S/C19H20ClN3OS/c1-11(12-6-8-13(20)9-7-12)21-10-16-22-18(24)17-14-4-2-3-5-15(14)25-19(17)23-16/h6-9,11,21H,2-5,10H2,1H3,(H,22,23,24)/t11-/m0/s1. The van der Waals surface area contributed by atoms with E-state index in [2.05, 4.69) is 17.2 Å². The number of aromatic amines is 1. The minimum atomic E-state index is 0.000320. The lowest BCUT2D eigenvalue weighted by Gasteiger charge is -2.14. The Balaban J connectivity index is 1.55. The molecule has 2 aromatic heterocycles. The van der Waals surface area contributed by atoms with Crippen LogP contribution in [0.5, 0.6) is 0 Å². The first-order chi connectivity index (χ1) is 12.1. The number of H-pyrrole nitrogens is 1. The van der Waals surface area contributed by atoms with Crippen LogP contribution in [0.1, 0.15) is 47.6 Å². The van der Waals surface area contributed by atoms with Gasteiger partial charge in [-0.3, -0.25) is 4.79 Å². The average molecular weight is 374 g/mol. The van der Waals surface area contributed by atoms with Crippen LogP contribution in [0.2, 0.25) is 5.02 Å². The zero-order valence-electron chi connectivity index (χ0n) is 14.1. The van der Waals surface area contributed by atoms with E-state index in [1.165, 1.54) is 23.3 Å². The zero-order valence-corrected chi connectivity index (χ0v) is 15.6. The molecule has 0 radical (unpaired) electrons. The molecule has 0 saturated carbocycles. The topological polar surface area (TPSA) is 57.8 Å². The first kappa shape index (κ1) is 16.8. The average Bonchev–Trinajstić information content (AvgIpc) is 2.99. The summed E-state index contributed by atoms with van der Waals surface area (Å²) in [4.78, 5) is 22.4. The predicted molar refractivity (Wildman–Crippen MR) is 104 cm³/mol. The van der Waals surface area contributed by atoms with E-state index in [0.717, 1.165) is 33.6 Å². The number of thiophene rings is 1. The molecule has 25 heavy (non-hydrogen) atoms. The van der Waals surface area contributed by atoms with Gasteiger partial charge < -0.3 is 10.3 Å². The summed E-state index contributed by atoms with van der Waals surface area (Å²) in [7, 11) is 0. The molecule has 0 fully saturated rings. The van der Waals surface area contributed by atoms with E-state index in [1.54, 1.807) is 11.3 Å². The molecule has 130 valence electrons. The van der Waals surface area contributed by atoms with E-state index in [-0.39, 0.29) is 11.6 Å². The number of nitrogens with one attached hydrogen (secondary N) is 2. The van der Waals surface area contributed by atoms with E-state index in [4.69, 9.17) is 16.6 Å². The number of fused-ring (bicyclic) bond motifs is 3. The van der Waals surface area contributed by atoms with Gasteiger partial charge in [-0.05, 0) is 55.9 Å². The third-order valence-corrected chi connectivity index (χ3v) is 6.26. The molecule has 3 aromatic rings. The fourth-order valence-electron chi connectivity index (χ4n) is 3.41. The van der Waals surface area contributed by atoms with Crippen LogP contribution in [0.4, 0.5) is 0 Å². The summed E-state index contributed by atoms with van der Waals surface area (Å²) >= 11 is 7.62. The van der Waals surface area contributed by atoms with Gasteiger partial charge in [0.2, 0.25) is 0 Å². The van der Waals surface area contributed by atoms with Gasteiger partial charge in [0.25, 0.3) is 5.56 Å². The molecular weight excluding hydrogens is 354 g/mol. The Morgan fingerprint density at radius 2 is 2.04 bits per heavy atom. The van der Waals surface area contributed by atoms with E-state index in [1.807, 2.05) is 24.3 Å². The SMILES string of the molecule is C[C@H](NCc1nc2sc3c(c2c(=O)[nH]1)CCCC3)c1ccc(Cl)cc1. The largest absolute Gasteiger partial charge is 0.309 e. The van der Waals surface area contributed by atoms with Crippen LogP contribution < -0.4 is 10.9 Å². The third-order valence-electron chi connectivity index (χ3n) is 4.82. The number of benzene rings is 1. The number of halogens is 1. The molecule has 4 nitrogen and oxygen atoms in total. The Labute approximate surface area is 155 Å². The lowest BCUT2D eigenvalue weighted by atomic mass is 9.97. The number of aromatic nitrogens is 2. The minimum Gasteiger partial charge on any atom is -0.309 e. The number of aryl methyl sites for hydroxylation is 2. The van der Waals surface area contributed by atoms with Crippen molar-refractivity contribution < 1.29 is 0 Å². The van der Waals surface area contributed by atoms with Crippen molar-refractivity contribution in [1.82, 2.24) is 15.3 Å². The molecule has 6 heteroatoms. The molecular formula is C19H20ClN3OS. The Morgan fingerprint density at radius 1 is 1.28 bits per heavy atom. The Hall–Kier alpha value is -1.69. The van der Waals surface area contributed by atoms with Crippen LogP contribution in [0.3, 0.4) is 0 Å². The summed E-state index contributed by atoms with van der Waals surface area (Å²) in [6.07, 6.45) is 4.47. The van der Waals surface area contributed by atoms with Gasteiger partial charge in [0.1, 0.15) is 10.7 Å². The summed E-state index contributed by atoms with van der Waals surface area (Å²) in [5.74, 6) is 0.692. The maximum absolute atomic E-state index is 12.6. The molecule has 0 bridgehead atoms. The number of hydrogen-bond donors (Lipinski definition) is 2. The molecule has 4 rings (SSSR count). The van der Waals surface area contributed by atoms with Crippen LogP contribution >= 0.6 is 22.9 Å². The van der Waals surface area contributed by atoms with Gasteiger partial charge in [-0.1, -0.05) is 23.7 Å². The Bertz CT molecular complexity index is 961. The molecule has 0 saturated heterocycles. The highest BCUT2D eigenvalue weighted by Gasteiger charge is 2.19. The summed E-state index contributed by atoms with van der Waals surface area (Å²) in [5, 5.41) is 4.96. The van der Waals surface area contributed by atoms with Crippen molar-refractivity contribution in [3.8, 4) is 0 Å². The molecule has 1 aliphatic carbocycles. The van der Waals surface area contributed by atoms with Crippen LogP contribution in [-0.2, 0) is 19.4 Å². The minimum absolute atomic E-state index is 0.000320. The summed E-state index contributed by atoms with van der Waals surface area (Å²) < 4.78 is 0. The van der Waals surface area contributed by atoms with Crippen molar-refractivity contribution in [2.24, 2.45) is 0 Å². The van der Waals surface area contributed by atoms with Gasteiger partial charge in [0.05, 0.1) is 11.9 Å². The van der Waals surface area contributed by atoms with Crippen molar-refractivity contribution in [1.29, 1.82) is 0 Å². The van der Waals surface area contributed by atoms with Gasteiger partial charge in [-0.25, -0.2) is 4.98 Å². The van der Waals surface area contributed by atoms with Gasteiger partial charge in [-0.15, -0.1) is 11.3 Å². The van der Waals surface area contributed by atoms with Crippen LogP contribution in [0.15, 0.2) is 29.1 Å². The first-order valence-corrected chi connectivity index (χ1v) is 9.83. The van der Waals surface area contributed by atoms with Crippen LogP contribution in [-0.4, -0.2) is 9.97 Å². The molecule has 0 amide bonds. The highest BCUT2D eigenvalue weighted by atomic mass is 35.5. The van der Waals surface area contributed by atoms with E-state index >= 15 is 0 Å². The second kappa shape index (κ2) is 6.90. The number of nitrogens with zero attached hydrogens (tertiary/aromatic N) is 1. The molecule has 2 heterocycles. The second-order valence-electron chi connectivity index (χ2n) is 6.56. The zero-order chi connectivity index (χ0) is 17.4. The third kappa shape index (κ3) is 3.36. The number of rotatable bonds is 4. The fraction of sp³-hybridized carbons (Fsp3) is 0.368. The first-order valence-electron chi connectivity index (χ1n) is 8.64. The summed E-state index contributed by atoms with van der Waals surface area (Å²) in [6, 6.07) is 7.93. The molecule has 0 unspecified atom stereocenters. The molecule has 0 spiro atoms. The van der Waals surface area contributed by atoms with Crippen molar-refractivity contribution in [3.63, 3.8) is 0 Å². The van der Waals surface area contributed by atoms with Gasteiger partial charge in [0.15, 0.2) is 0 Å². The Morgan fingerprint density at radius 3 is 2.84 bits per heavy atom. The van der Waals surface area contributed by atoms with Gasteiger partial charge in [0, 0.05) is 15.9 Å². The number of hydrogen-bond acceptors (Lipinski definition) is 4. The molecule has 1 aromatic carbocycles. The van der Waals surface area contributed by atoms with E-state index < -0.39 is 0 Å². The van der Waals surface area contributed by atoms with Gasteiger partial charge >= 0.3 is 0 Å². The highest BCUT2D eigenvalue weighted by molar-refractivity contribution is 7.18. The molecule has 1 aliphatic rings.